The Morgan fingerprint density at radius 3 is 2.42 bits per heavy atom. The number of sulfonamides is 1. The van der Waals surface area contributed by atoms with Gasteiger partial charge in [0.05, 0.1) is 33.2 Å². The summed E-state index contributed by atoms with van der Waals surface area (Å²) in [5, 5.41) is 21.2. The Kier molecular flexibility index (Phi) is 6.85. The monoisotopic (exact) mass is 551 g/mol. The van der Waals surface area contributed by atoms with E-state index in [0.717, 1.165) is 0 Å². The van der Waals surface area contributed by atoms with E-state index in [0.29, 0.717) is 39.7 Å². The first kappa shape index (κ1) is 25.4. The molecule has 0 aliphatic rings. The molecule has 11 nitrogen and oxygen atoms in total. The molecule has 194 valence electrons. The summed E-state index contributed by atoms with van der Waals surface area (Å²) in [6.07, 6.45) is 0. The van der Waals surface area contributed by atoms with E-state index in [9.17, 15) is 13.5 Å². The second-order valence-electron chi connectivity index (χ2n) is 8.57. The number of anilines is 3. The Morgan fingerprint density at radius 1 is 0.947 bits per heavy atom. The van der Waals surface area contributed by atoms with Gasteiger partial charge in [-0.15, -0.1) is 10.2 Å². The van der Waals surface area contributed by atoms with Crippen molar-refractivity contribution in [2.24, 2.45) is 0 Å². The summed E-state index contributed by atoms with van der Waals surface area (Å²) in [5.41, 5.74) is 1.77. The topological polar surface area (TPSA) is 146 Å². The van der Waals surface area contributed by atoms with Crippen molar-refractivity contribution in [1.29, 1.82) is 0 Å². The smallest absolute Gasteiger partial charge is 0.263 e. The lowest BCUT2D eigenvalue weighted by Gasteiger charge is -2.15. The van der Waals surface area contributed by atoms with E-state index in [2.05, 4.69) is 30.2 Å². The zero-order valence-corrected chi connectivity index (χ0v) is 21.8. The minimum Gasteiger partial charge on any atom is -0.508 e. The number of aromatic nitrogens is 4. The number of halogens is 1. The number of phenols is 1. The van der Waals surface area contributed by atoms with Gasteiger partial charge in [0.2, 0.25) is 11.8 Å². The highest BCUT2D eigenvalue weighted by Gasteiger charge is 2.21. The first-order valence-electron chi connectivity index (χ1n) is 11.3. The standard InChI is InChI=1S/C25H22ClN7O4S/c1-33(2)14-22-30-31-25(37-22)15-6-5-7-17(12-15)38(35,36)32-24-23(27-19-8-3-4-9-20(19)28-24)29-21-13-16(34)10-11-18(21)26/h3-13,34H,14H2,1-2H3,(H,27,29)(H,28,32). The Hall–Kier alpha value is -4.26. The molecule has 38 heavy (non-hydrogen) atoms. The zero-order valence-electron chi connectivity index (χ0n) is 20.3. The first-order valence-corrected chi connectivity index (χ1v) is 13.2. The van der Waals surface area contributed by atoms with Crippen LogP contribution >= 0.6 is 11.6 Å². The summed E-state index contributed by atoms with van der Waals surface area (Å²) in [6, 6.07) is 17.5. The van der Waals surface area contributed by atoms with Crippen LogP contribution in [0.4, 0.5) is 17.3 Å². The summed E-state index contributed by atoms with van der Waals surface area (Å²) >= 11 is 6.27. The lowest BCUT2D eigenvalue weighted by atomic mass is 10.2. The van der Waals surface area contributed by atoms with Crippen LogP contribution in [0.25, 0.3) is 22.5 Å². The number of benzene rings is 3. The van der Waals surface area contributed by atoms with Gasteiger partial charge in [-0.05, 0) is 56.6 Å². The van der Waals surface area contributed by atoms with Crippen LogP contribution in [0.5, 0.6) is 5.75 Å². The molecule has 3 N–H and O–H groups in total. The fourth-order valence-corrected chi connectivity index (χ4v) is 4.80. The number of hydrogen-bond acceptors (Lipinski definition) is 10. The van der Waals surface area contributed by atoms with Gasteiger partial charge in [0.25, 0.3) is 10.0 Å². The number of rotatable bonds is 8. The SMILES string of the molecule is CN(C)Cc1nnc(-c2cccc(S(=O)(=O)Nc3nc4ccccc4nc3Nc3cc(O)ccc3Cl)c2)o1. The van der Waals surface area contributed by atoms with Gasteiger partial charge >= 0.3 is 0 Å². The molecule has 0 saturated heterocycles. The van der Waals surface area contributed by atoms with E-state index in [1.165, 1.54) is 30.3 Å². The summed E-state index contributed by atoms with van der Waals surface area (Å²) < 4.78 is 35.1. The molecule has 0 atom stereocenters. The summed E-state index contributed by atoms with van der Waals surface area (Å²) in [5.74, 6) is 0.620. The lowest BCUT2D eigenvalue weighted by molar-refractivity contribution is 0.344. The molecule has 2 heterocycles. The maximum Gasteiger partial charge on any atom is 0.263 e. The minimum absolute atomic E-state index is 0.0284. The van der Waals surface area contributed by atoms with Gasteiger partial charge in [-0.25, -0.2) is 18.4 Å². The van der Waals surface area contributed by atoms with E-state index in [-0.39, 0.29) is 28.2 Å². The van der Waals surface area contributed by atoms with Crippen LogP contribution in [-0.2, 0) is 16.6 Å². The fraction of sp³-hybridized carbons (Fsp3) is 0.120. The van der Waals surface area contributed by atoms with Crippen molar-refractivity contribution in [3.63, 3.8) is 0 Å². The van der Waals surface area contributed by atoms with Crippen molar-refractivity contribution >= 4 is 50.0 Å². The van der Waals surface area contributed by atoms with Gasteiger partial charge in [-0.3, -0.25) is 4.72 Å². The molecular formula is C25H22ClN7O4S. The summed E-state index contributed by atoms with van der Waals surface area (Å²) in [6.45, 7) is 0.451. The van der Waals surface area contributed by atoms with E-state index in [1.807, 2.05) is 19.0 Å². The minimum atomic E-state index is -4.13. The lowest BCUT2D eigenvalue weighted by Crippen LogP contribution is -2.16. The summed E-state index contributed by atoms with van der Waals surface area (Å²) in [7, 11) is -0.389. The molecule has 13 heteroatoms. The molecule has 0 unspecified atom stereocenters. The average molecular weight is 552 g/mol. The third-order valence-electron chi connectivity index (χ3n) is 5.31. The van der Waals surface area contributed by atoms with Crippen molar-refractivity contribution in [3.8, 4) is 17.2 Å². The van der Waals surface area contributed by atoms with Crippen LogP contribution in [-0.4, -0.2) is 52.7 Å². The number of para-hydroxylation sites is 2. The van der Waals surface area contributed by atoms with E-state index < -0.39 is 10.0 Å². The molecule has 0 aliphatic carbocycles. The van der Waals surface area contributed by atoms with E-state index >= 15 is 0 Å². The Labute approximate surface area is 223 Å². The molecule has 0 amide bonds. The second-order valence-corrected chi connectivity index (χ2v) is 10.7. The van der Waals surface area contributed by atoms with Gasteiger partial charge in [0.15, 0.2) is 11.6 Å². The van der Waals surface area contributed by atoms with Gasteiger partial charge < -0.3 is 19.7 Å². The number of aromatic hydroxyl groups is 1. The number of nitrogens with one attached hydrogen (secondary N) is 2. The van der Waals surface area contributed by atoms with Gasteiger partial charge in [-0.1, -0.05) is 29.8 Å². The molecular weight excluding hydrogens is 530 g/mol. The first-order chi connectivity index (χ1) is 18.2. The van der Waals surface area contributed by atoms with Crippen LogP contribution < -0.4 is 10.0 Å². The van der Waals surface area contributed by atoms with Crippen LogP contribution in [0.15, 0.2) is 76.0 Å². The molecule has 3 aromatic carbocycles. The van der Waals surface area contributed by atoms with Crippen LogP contribution in [0.3, 0.4) is 0 Å². The third-order valence-corrected chi connectivity index (χ3v) is 6.98. The van der Waals surface area contributed by atoms with Crippen LogP contribution in [0.1, 0.15) is 5.89 Å². The number of hydrogen-bond donors (Lipinski definition) is 3. The van der Waals surface area contributed by atoms with Gasteiger partial charge in [0.1, 0.15) is 5.75 Å². The third kappa shape index (κ3) is 5.52. The predicted octanol–water partition coefficient (Wildman–Crippen LogP) is 4.64. The normalized spacial score (nSPS) is 11.7. The maximum atomic E-state index is 13.5. The zero-order chi connectivity index (χ0) is 26.9. The largest absolute Gasteiger partial charge is 0.508 e. The predicted molar refractivity (Wildman–Crippen MR) is 144 cm³/mol. The van der Waals surface area contributed by atoms with E-state index in [1.54, 1.807) is 36.4 Å². The number of nitrogens with zero attached hydrogens (tertiary/aromatic N) is 5. The van der Waals surface area contributed by atoms with Crippen molar-refractivity contribution < 1.29 is 17.9 Å². The molecule has 0 fully saturated rings. The molecule has 0 aliphatic heterocycles. The van der Waals surface area contributed by atoms with Crippen molar-refractivity contribution in [3.05, 3.63) is 77.6 Å². The molecule has 5 rings (SSSR count). The fourth-order valence-electron chi connectivity index (χ4n) is 3.58. The molecule has 0 radical (unpaired) electrons. The average Bonchev–Trinajstić information content (AvgIpc) is 3.34. The van der Waals surface area contributed by atoms with Gasteiger partial charge in [0, 0.05) is 11.6 Å². The Bertz CT molecular complexity index is 1740. The van der Waals surface area contributed by atoms with Crippen LogP contribution in [0, 0.1) is 0 Å². The Balaban J connectivity index is 1.51. The molecule has 0 bridgehead atoms. The number of phenolic OH excluding ortho intramolecular Hbond substituents is 1. The Morgan fingerprint density at radius 2 is 1.68 bits per heavy atom. The maximum absolute atomic E-state index is 13.5. The van der Waals surface area contributed by atoms with E-state index in [4.69, 9.17) is 16.0 Å². The highest BCUT2D eigenvalue weighted by Crippen LogP contribution is 2.32. The van der Waals surface area contributed by atoms with Crippen LogP contribution in [0.2, 0.25) is 5.02 Å². The highest BCUT2D eigenvalue weighted by molar-refractivity contribution is 7.92. The molecule has 5 aromatic rings. The summed E-state index contributed by atoms with van der Waals surface area (Å²) in [4.78, 5) is 10.8. The molecule has 2 aromatic heterocycles. The highest BCUT2D eigenvalue weighted by atomic mass is 35.5. The van der Waals surface area contributed by atoms with Crippen molar-refractivity contribution in [2.75, 3.05) is 24.1 Å². The second kappa shape index (κ2) is 10.2. The van der Waals surface area contributed by atoms with Crippen molar-refractivity contribution in [1.82, 2.24) is 25.1 Å². The molecule has 0 spiro atoms. The van der Waals surface area contributed by atoms with Crippen molar-refractivity contribution in [2.45, 2.75) is 11.4 Å². The van der Waals surface area contributed by atoms with Gasteiger partial charge in [-0.2, -0.15) is 0 Å². The quantitative estimate of drug-likeness (QED) is 0.249. The number of fused-ring (bicyclic) bond motifs is 1. The molecule has 0 saturated carbocycles.